The standard InChI is InChI=1S/C14H15NO3S/c1-14(7-8-19-9-14)13(18)15(2)11-5-3-10(4-6-11)12(16)17/h3-8H,9H2,1-2H3,(H,16,17). The molecule has 2 rings (SSSR count). The minimum absolute atomic E-state index is 0.0109. The second-order valence-electron chi connectivity index (χ2n) is 4.75. The van der Waals surface area contributed by atoms with Crippen molar-refractivity contribution in [1.82, 2.24) is 0 Å². The first-order chi connectivity index (χ1) is 8.94. The average molecular weight is 277 g/mol. The number of rotatable bonds is 3. The Bertz CT molecular complexity index is 538. The van der Waals surface area contributed by atoms with Crippen molar-refractivity contribution in [2.45, 2.75) is 6.92 Å². The second kappa shape index (κ2) is 5.09. The van der Waals surface area contributed by atoms with Crippen LogP contribution in [0, 0.1) is 5.41 Å². The van der Waals surface area contributed by atoms with Gasteiger partial charge in [0.1, 0.15) is 0 Å². The van der Waals surface area contributed by atoms with E-state index in [1.807, 2.05) is 18.4 Å². The first-order valence-electron chi connectivity index (χ1n) is 5.85. The zero-order valence-electron chi connectivity index (χ0n) is 10.8. The molecule has 1 atom stereocenters. The number of nitrogens with zero attached hydrogens (tertiary/aromatic N) is 1. The van der Waals surface area contributed by atoms with Crippen LogP contribution in [-0.4, -0.2) is 29.8 Å². The third-order valence-electron chi connectivity index (χ3n) is 3.21. The Morgan fingerprint density at radius 3 is 2.42 bits per heavy atom. The number of carboxylic acid groups (broad SMARTS) is 1. The number of anilines is 1. The average Bonchev–Trinajstić information content (AvgIpc) is 2.85. The van der Waals surface area contributed by atoms with Crippen LogP contribution in [0.25, 0.3) is 0 Å². The largest absolute Gasteiger partial charge is 0.478 e. The highest BCUT2D eigenvalue weighted by atomic mass is 32.2. The first kappa shape index (κ1) is 13.7. The summed E-state index contributed by atoms with van der Waals surface area (Å²) in [5.41, 5.74) is 0.430. The summed E-state index contributed by atoms with van der Waals surface area (Å²) < 4.78 is 0. The van der Waals surface area contributed by atoms with Crippen LogP contribution < -0.4 is 4.90 Å². The topological polar surface area (TPSA) is 57.6 Å². The highest BCUT2D eigenvalue weighted by Crippen LogP contribution is 2.35. The summed E-state index contributed by atoms with van der Waals surface area (Å²) in [6, 6.07) is 6.30. The molecule has 5 heteroatoms. The van der Waals surface area contributed by atoms with Gasteiger partial charge in [0.15, 0.2) is 0 Å². The van der Waals surface area contributed by atoms with Crippen molar-refractivity contribution in [1.29, 1.82) is 0 Å². The predicted molar refractivity (Wildman–Crippen MR) is 76.5 cm³/mol. The molecule has 1 heterocycles. The quantitative estimate of drug-likeness (QED) is 0.922. The highest BCUT2D eigenvalue weighted by molar-refractivity contribution is 8.02. The zero-order valence-corrected chi connectivity index (χ0v) is 11.6. The third-order valence-corrected chi connectivity index (χ3v) is 4.30. The van der Waals surface area contributed by atoms with Gasteiger partial charge in [0.05, 0.1) is 11.0 Å². The molecule has 0 spiro atoms. The number of carbonyl (C=O) groups excluding carboxylic acids is 1. The Morgan fingerprint density at radius 2 is 1.95 bits per heavy atom. The second-order valence-corrected chi connectivity index (χ2v) is 5.64. The van der Waals surface area contributed by atoms with E-state index in [-0.39, 0.29) is 11.5 Å². The van der Waals surface area contributed by atoms with Crippen LogP contribution in [0.2, 0.25) is 0 Å². The van der Waals surface area contributed by atoms with E-state index in [0.29, 0.717) is 5.69 Å². The lowest BCUT2D eigenvalue weighted by Crippen LogP contribution is -2.39. The van der Waals surface area contributed by atoms with Crippen LogP contribution in [0.5, 0.6) is 0 Å². The molecule has 0 saturated carbocycles. The molecule has 1 N–H and O–H groups in total. The number of thioether (sulfide) groups is 1. The number of hydrogen-bond acceptors (Lipinski definition) is 3. The number of carbonyl (C=O) groups is 2. The summed E-state index contributed by atoms with van der Waals surface area (Å²) in [7, 11) is 1.71. The molecule has 1 unspecified atom stereocenters. The number of aromatic carboxylic acids is 1. The monoisotopic (exact) mass is 277 g/mol. The lowest BCUT2D eigenvalue weighted by Gasteiger charge is -2.27. The molecule has 100 valence electrons. The van der Waals surface area contributed by atoms with E-state index in [1.165, 1.54) is 12.1 Å². The fourth-order valence-electron chi connectivity index (χ4n) is 1.93. The smallest absolute Gasteiger partial charge is 0.335 e. The van der Waals surface area contributed by atoms with Crippen LogP contribution in [0.15, 0.2) is 35.7 Å². The van der Waals surface area contributed by atoms with Crippen LogP contribution in [0.4, 0.5) is 5.69 Å². The summed E-state index contributed by atoms with van der Waals surface area (Å²) >= 11 is 1.62. The van der Waals surface area contributed by atoms with E-state index in [4.69, 9.17) is 5.11 Å². The maximum Gasteiger partial charge on any atom is 0.335 e. The van der Waals surface area contributed by atoms with Crippen LogP contribution in [0.1, 0.15) is 17.3 Å². The number of benzene rings is 1. The van der Waals surface area contributed by atoms with E-state index in [1.54, 1.807) is 35.8 Å². The fourth-order valence-corrected chi connectivity index (χ4v) is 2.99. The molecule has 0 aliphatic carbocycles. The van der Waals surface area contributed by atoms with Crippen LogP contribution in [-0.2, 0) is 4.79 Å². The Morgan fingerprint density at radius 1 is 1.32 bits per heavy atom. The van der Waals surface area contributed by atoms with Gasteiger partial charge in [-0.1, -0.05) is 6.08 Å². The molecular weight excluding hydrogens is 262 g/mol. The lowest BCUT2D eigenvalue weighted by atomic mass is 9.91. The van der Waals surface area contributed by atoms with E-state index >= 15 is 0 Å². The molecule has 4 nitrogen and oxygen atoms in total. The molecule has 0 radical (unpaired) electrons. The summed E-state index contributed by atoms with van der Waals surface area (Å²) in [6.45, 7) is 1.91. The van der Waals surface area contributed by atoms with Crippen molar-refractivity contribution in [3.63, 3.8) is 0 Å². The Balaban J connectivity index is 2.19. The molecule has 1 aromatic carbocycles. The summed E-state index contributed by atoms with van der Waals surface area (Å²) in [4.78, 5) is 24.8. The maximum atomic E-state index is 12.4. The predicted octanol–water partition coefficient (Wildman–Crippen LogP) is 2.61. The number of hydrogen-bond donors (Lipinski definition) is 1. The Kier molecular flexibility index (Phi) is 3.66. The van der Waals surface area contributed by atoms with Gasteiger partial charge in [0, 0.05) is 18.5 Å². The minimum atomic E-state index is -0.970. The van der Waals surface area contributed by atoms with Gasteiger partial charge in [0.25, 0.3) is 0 Å². The van der Waals surface area contributed by atoms with E-state index in [0.717, 1.165) is 5.75 Å². The van der Waals surface area contributed by atoms with Crippen molar-refractivity contribution in [2.24, 2.45) is 5.41 Å². The molecule has 0 bridgehead atoms. The van der Waals surface area contributed by atoms with Gasteiger partial charge in [-0.15, -0.1) is 11.8 Å². The number of amides is 1. The molecule has 0 aromatic heterocycles. The normalized spacial score (nSPS) is 21.4. The van der Waals surface area contributed by atoms with E-state index in [9.17, 15) is 9.59 Å². The highest BCUT2D eigenvalue weighted by Gasteiger charge is 2.35. The van der Waals surface area contributed by atoms with E-state index < -0.39 is 11.4 Å². The third kappa shape index (κ3) is 2.66. The molecule has 1 aliphatic rings. The van der Waals surface area contributed by atoms with Crippen molar-refractivity contribution in [2.75, 3.05) is 17.7 Å². The van der Waals surface area contributed by atoms with Crippen LogP contribution in [0.3, 0.4) is 0 Å². The van der Waals surface area contributed by atoms with Crippen LogP contribution >= 0.6 is 11.8 Å². The molecule has 0 fully saturated rings. The molecular formula is C14H15NO3S. The molecule has 1 amide bonds. The Labute approximate surface area is 116 Å². The van der Waals surface area contributed by atoms with Gasteiger partial charge < -0.3 is 10.0 Å². The summed E-state index contributed by atoms with van der Waals surface area (Å²) in [5, 5.41) is 10.8. The van der Waals surface area contributed by atoms with Crippen molar-refractivity contribution in [3.05, 3.63) is 41.3 Å². The van der Waals surface area contributed by atoms with Gasteiger partial charge in [-0.05, 0) is 36.6 Å². The molecule has 19 heavy (non-hydrogen) atoms. The van der Waals surface area contributed by atoms with Crippen molar-refractivity contribution < 1.29 is 14.7 Å². The molecule has 0 saturated heterocycles. The summed E-state index contributed by atoms with van der Waals surface area (Å²) in [6.07, 6.45) is 1.92. The molecule has 1 aromatic rings. The number of carboxylic acids is 1. The van der Waals surface area contributed by atoms with Gasteiger partial charge in [-0.3, -0.25) is 4.79 Å². The fraction of sp³-hybridized carbons (Fsp3) is 0.286. The van der Waals surface area contributed by atoms with Gasteiger partial charge >= 0.3 is 5.97 Å². The zero-order chi connectivity index (χ0) is 14.0. The van der Waals surface area contributed by atoms with Gasteiger partial charge in [-0.2, -0.15) is 0 Å². The first-order valence-corrected chi connectivity index (χ1v) is 6.90. The SMILES string of the molecule is CN(C(=O)C1(C)C=CSC1)c1ccc(C(=O)O)cc1. The lowest BCUT2D eigenvalue weighted by molar-refractivity contribution is -0.123. The molecule has 1 aliphatic heterocycles. The minimum Gasteiger partial charge on any atom is -0.478 e. The van der Waals surface area contributed by atoms with Crippen molar-refractivity contribution in [3.8, 4) is 0 Å². The Hall–Kier alpha value is -1.75. The summed E-state index contributed by atoms with van der Waals surface area (Å²) in [5.74, 6) is -0.219. The maximum absolute atomic E-state index is 12.4. The van der Waals surface area contributed by atoms with Crippen molar-refractivity contribution >= 4 is 29.3 Å². The van der Waals surface area contributed by atoms with Gasteiger partial charge in [0.2, 0.25) is 5.91 Å². The van der Waals surface area contributed by atoms with E-state index in [2.05, 4.69) is 0 Å². The van der Waals surface area contributed by atoms with Gasteiger partial charge in [-0.25, -0.2) is 4.79 Å².